The molecule has 43 heavy (non-hydrogen) atoms. The lowest BCUT2D eigenvalue weighted by Gasteiger charge is -2.27. The summed E-state index contributed by atoms with van der Waals surface area (Å²) < 4.78 is 17.2. The molecule has 1 atom stereocenters. The number of hydrogen-bond acceptors (Lipinski definition) is 7. The van der Waals surface area contributed by atoms with Crippen LogP contribution >= 0.6 is 0 Å². The first-order chi connectivity index (χ1) is 19.9. The predicted octanol–water partition coefficient (Wildman–Crippen LogP) is 5.21. The Morgan fingerprint density at radius 2 is 1.28 bits per heavy atom. The van der Waals surface area contributed by atoms with E-state index in [0.29, 0.717) is 51.5 Å². The van der Waals surface area contributed by atoms with Crippen LogP contribution in [-0.2, 0) is 33.4 Å². The van der Waals surface area contributed by atoms with E-state index in [1.165, 1.54) is 0 Å². The second-order valence-electron chi connectivity index (χ2n) is 14.0. The molecule has 0 aromatic carbocycles. The molecule has 0 saturated carbocycles. The molecule has 0 aliphatic rings. The molecule has 0 spiro atoms. The second kappa shape index (κ2) is 20.7. The summed E-state index contributed by atoms with van der Waals surface area (Å²) in [6.45, 7) is 21.9. The third-order valence-corrected chi connectivity index (χ3v) is 6.77. The zero-order valence-corrected chi connectivity index (χ0v) is 28.9. The molecule has 0 saturated heterocycles. The molecule has 0 aliphatic heterocycles. The zero-order chi connectivity index (χ0) is 33.1. The maximum Gasteiger partial charge on any atom is 0.306 e. The molecule has 0 fully saturated rings. The van der Waals surface area contributed by atoms with Crippen LogP contribution in [0.1, 0.15) is 133 Å². The summed E-state index contributed by atoms with van der Waals surface area (Å²) in [4.78, 5) is 50.4. The Balaban J connectivity index is 4.97. The van der Waals surface area contributed by atoms with Crippen molar-refractivity contribution in [1.29, 1.82) is 0 Å². The zero-order valence-electron chi connectivity index (χ0n) is 28.9. The van der Waals surface area contributed by atoms with Gasteiger partial charge in [0, 0.05) is 45.6 Å². The third kappa shape index (κ3) is 23.9. The van der Waals surface area contributed by atoms with Crippen LogP contribution in [0.5, 0.6) is 0 Å². The van der Waals surface area contributed by atoms with Crippen LogP contribution in [0, 0.1) is 5.92 Å². The highest BCUT2D eigenvalue weighted by molar-refractivity contribution is 5.88. The van der Waals surface area contributed by atoms with E-state index in [4.69, 9.17) is 14.2 Å². The molecule has 252 valence electrons. The van der Waals surface area contributed by atoms with E-state index >= 15 is 0 Å². The van der Waals surface area contributed by atoms with Gasteiger partial charge in [-0.1, -0.05) is 27.2 Å². The molecule has 0 bridgehead atoms. The van der Waals surface area contributed by atoms with Crippen LogP contribution in [0.2, 0.25) is 0 Å². The van der Waals surface area contributed by atoms with Gasteiger partial charge in [0.25, 0.3) is 0 Å². The topological polar surface area (TPSA) is 132 Å². The Morgan fingerprint density at radius 3 is 1.84 bits per heavy atom. The smallest absolute Gasteiger partial charge is 0.306 e. The quantitative estimate of drug-likeness (QED) is 0.106. The lowest BCUT2D eigenvalue weighted by molar-refractivity contribution is -0.155. The maximum absolute atomic E-state index is 13.1. The number of unbranched alkanes of at least 4 members (excludes halogenated alkanes) is 1. The largest absolute Gasteiger partial charge is 0.460 e. The van der Waals surface area contributed by atoms with E-state index in [2.05, 4.69) is 36.7 Å². The van der Waals surface area contributed by atoms with E-state index < -0.39 is 17.2 Å². The van der Waals surface area contributed by atoms with Gasteiger partial charge in [0.2, 0.25) is 17.7 Å². The standard InChI is InChI=1S/C33H63N3O7/c1-11-12-23-41-32(7,8)19-21-34-27(37)17-16-26(36-28(38)14-13-15-29(39)43-31(4,5)6)30(40)35-22-20-33(9,10)42-24-18-25(2)3/h25-26H,11-24H2,1-10H3,(H,34,37)(H,35,40)(H,36,38). The third-order valence-electron chi connectivity index (χ3n) is 6.77. The summed E-state index contributed by atoms with van der Waals surface area (Å²) in [5.41, 5.74) is -1.34. The van der Waals surface area contributed by atoms with Crippen molar-refractivity contribution in [3.63, 3.8) is 0 Å². The van der Waals surface area contributed by atoms with Crippen molar-refractivity contribution in [3.05, 3.63) is 0 Å². The molecule has 0 rings (SSSR count). The van der Waals surface area contributed by atoms with Gasteiger partial charge in [-0.3, -0.25) is 19.2 Å². The average molecular weight is 614 g/mol. The monoisotopic (exact) mass is 613 g/mol. The van der Waals surface area contributed by atoms with Crippen molar-refractivity contribution in [2.75, 3.05) is 26.3 Å². The van der Waals surface area contributed by atoms with Crippen LogP contribution < -0.4 is 16.0 Å². The fraction of sp³-hybridized carbons (Fsp3) is 0.879. The highest BCUT2D eigenvalue weighted by Gasteiger charge is 2.25. The van der Waals surface area contributed by atoms with Gasteiger partial charge in [-0.15, -0.1) is 0 Å². The van der Waals surface area contributed by atoms with Crippen LogP contribution in [0.3, 0.4) is 0 Å². The van der Waals surface area contributed by atoms with E-state index in [-0.39, 0.29) is 55.0 Å². The van der Waals surface area contributed by atoms with Crippen LogP contribution in [0.4, 0.5) is 0 Å². The van der Waals surface area contributed by atoms with Gasteiger partial charge in [0.05, 0.1) is 11.2 Å². The minimum absolute atomic E-state index is 0.0685. The van der Waals surface area contributed by atoms with E-state index in [1.54, 1.807) is 20.8 Å². The Hall–Kier alpha value is -2.20. The fourth-order valence-electron chi connectivity index (χ4n) is 4.01. The lowest BCUT2D eigenvalue weighted by atomic mass is 10.0. The summed E-state index contributed by atoms with van der Waals surface area (Å²) in [6.07, 6.45) is 4.99. The summed E-state index contributed by atoms with van der Waals surface area (Å²) in [6, 6.07) is -0.876. The van der Waals surface area contributed by atoms with Gasteiger partial charge < -0.3 is 30.2 Å². The minimum Gasteiger partial charge on any atom is -0.460 e. The van der Waals surface area contributed by atoms with Crippen molar-refractivity contribution in [2.24, 2.45) is 5.92 Å². The molecule has 10 nitrogen and oxygen atoms in total. The van der Waals surface area contributed by atoms with Gasteiger partial charge in [0.1, 0.15) is 11.6 Å². The molecule has 0 radical (unpaired) electrons. The molecule has 1 unspecified atom stereocenters. The molecule has 0 aliphatic carbocycles. The van der Waals surface area contributed by atoms with Gasteiger partial charge in [-0.25, -0.2) is 0 Å². The number of amides is 3. The van der Waals surface area contributed by atoms with Gasteiger partial charge in [-0.05, 0) is 92.9 Å². The van der Waals surface area contributed by atoms with E-state index in [9.17, 15) is 19.2 Å². The molecule has 0 aromatic heterocycles. The summed E-state index contributed by atoms with van der Waals surface area (Å²) in [5, 5.41) is 8.56. The van der Waals surface area contributed by atoms with E-state index in [0.717, 1.165) is 19.3 Å². The summed E-state index contributed by atoms with van der Waals surface area (Å²) in [7, 11) is 0. The first kappa shape index (κ1) is 40.8. The van der Waals surface area contributed by atoms with Crippen molar-refractivity contribution < 1.29 is 33.4 Å². The molecule has 10 heteroatoms. The van der Waals surface area contributed by atoms with Gasteiger partial charge in [0.15, 0.2) is 0 Å². The molecule has 0 aromatic rings. The molecular formula is C33H63N3O7. The highest BCUT2D eigenvalue weighted by Crippen LogP contribution is 2.16. The van der Waals surface area contributed by atoms with Crippen LogP contribution in [0.25, 0.3) is 0 Å². The maximum atomic E-state index is 13.1. The molecular weight excluding hydrogens is 550 g/mol. The van der Waals surface area contributed by atoms with Crippen molar-refractivity contribution >= 4 is 23.7 Å². The Morgan fingerprint density at radius 1 is 0.698 bits per heavy atom. The first-order valence-electron chi connectivity index (χ1n) is 16.2. The number of esters is 1. The highest BCUT2D eigenvalue weighted by atomic mass is 16.6. The lowest BCUT2D eigenvalue weighted by Crippen LogP contribution is -2.48. The predicted molar refractivity (Wildman–Crippen MR) is 171 cm³/mol. The van der Waals surface area contributed by atoms with Gasteiger partial charge >= 0.3 is 5.97 Å². The Bertz CT molecular complexity index is 835. The Kier molecular flexibility index (Phi) is 19.6. The number of rotatable bonds is 23. The number of nitrogens with one attached hydrogen (secondary N) is 3. The second-order valence-corrected chi connectivity index (χ2v) is 14.0. The summed E-state index contributed by atoms with van der Waals surface area (Å²) >= 11 is 0. The number of ether oxygens (including phenoxy) is 3. The molecule has 3 amide bonds. The number of hydrogen-bond donors (Lipinski definition) is 3. The normalized spacial score (nSPS) is 13.0. The van der Waals surface area contributed by atoms with Crippen LogP contribution in [0.15, 0.2) is 0 Å². The Labute approximate surface area is 261 Å². The van der Waals surface area contributed by atoms with Crippen molar-refractivity contribution in [3.8, 4) is 0 Å². The first-order valence-corrected chi connectivity index (χ1v) is 16.2. The minimum atomic E-state index is -0.876. The number of carbonyl (C=O) groups excluding carboxylic acids is 4. The summed E-state index contributed by atoms with van der Waals surface area (Å²) in [5.74, 6) is -0.722. The number of carbonyl (C=O) groups is 4. The van der Waals surface area contributed by atoms with Crippen LogP contribution in [-0.4, -0.2) is 72.8 Å². The average Bonchev–Trinajstić information content (AvgIpc) is 2.84. The molecule has 3 N–H and O–H groups in total. The fourth-order valence-corrected chi connectivity index (χ4v) is 4.01. The van der Waals surface area contributed by atoms with Crippen molar-refractivity contribution in [2.45, 2.75) is 156 Å². The SMILES string of the molecule is CCCCOC(C)(C)CCNC(=O)CCC(NC(=O)CCCC(=O)OC(C)(C)C)C(=O)NCCC(C)(C)OCCC(C)C. The van der Waals surface area contributed by atoms with Gasteiger partial charge in [-0.2, -0.15) is 0 Å². The van der Waals surface area contributed by atoms with Crippen molar-refractivity contribution in [1.82, 2.24) is 16.0 Å². The molecule has 0 heterocycles. The van der Waals surface area contributed by atoms with E-state index in [1.807, 2.05) is 27.7 Å².